The first-order valence-electron chi connectivity index (χ1n) is 9.57. The van der Waals surface area contributed by atoms with Gasteiger partial charge in [0.25, 0.3) is 0 Å². The second-order valence-electron chi connectivity index (χ2n) is 7.08. The SMILES string of the molecule is CCCCCC(N)(CCCC)C(N)(CCCC)CCCC. The van der Waals surface area contributed by atoms with Crippen LogP contribution < -0.4 is 11.5 Å². The van der Waals surface area contributed by atoms with Crippen molar-refractivity contribution in [3.63, 3.8) is 0 Å². The summed E-state index contributed by atoms with van der Waals surface area (Å²) in [5, 5.41) is 0. The van der Waals surface area contributed by atoms with Gasteiger partial charge < -0.3 is 11.5 Å². The summed E-state index contributed by atoms with van der Waals surface area (Å²) >= 11 is 0. The lowest BCUT2D eigenvalue weighted by Gasteiger charge is -2.47. The molecule has 0 saturated heterocycles. The van der Waals surface area contributed by atoms with Gasteiger partial charge >= 0.3 is 0 Å². The van der Waals surface area contributed by atoms with Crippen molar-refractivity contribution in [3.8, 4) is 0 Å². The standard InChI is InChI=1S/C19H42N2/c1-5-9-13-17-19(21,16-12-8-4)18(20,14-10-6-2)15-11-7-3/h5-17,20-21H2,1-4H3. The molecule has 0 aromatic carbocycles. The molecule has 0 fully saturated rings. The molecule has 0 aromatic rings. The smallest absolute Gasteiger partial charge is 0.0336 e. The van der Waals surface area contributed by atoms with Gasteiger partial charge in [0.05, 0.1) is 0 Å². The summed E-state index contributed by atoms with van der Waals surface area (Å²) < 4.78 is 0. The minimum Gasteiger partial charge on any atom is -0.324 e. The van der Waals surface area contributed by atoms with Crippen molar-refractivity contribution in [2.45, 2.75) is 122 Å². The van der Waals surface area contributed by atoms with Crippen LogP contribution in [0.5, 0.6) is 0 Å². The average Bonchev–Trinajstić information content (AvgIpc) is 2.49. The lowest BCUT2D eigenvalue weighted by Crippen LogP contribution is -2.65. The first-order valence-corrected chi connectivity index (χ1v) is 9.57. The molecule has 2 heteroatoms. The Labute approximate surface area is 134 Å². The molecule has 0 bridgehead atoms. The molecule has 0 aromatic heterocycles. The van der Waals surface area contributed by atoms with E-state index < -0.39 is 0 Å². The Balaban J connectivity index is 5.01. The molecule has 2 nitrogen and oxygen atoms in total. The van der Waals surface area contributed by atoms with E-state index in [0.717, 1.165) is 25.7 Å². The first kappa shape index (κ1) is 20.9. The van der Waals surface area contributed by atoms with Gasteiger partial charge in [-0.25, -0.2) is 0 Å². The van der Waals surface area contributed by atoms with E-state index in [1.54, 1.807) is 0 Å². The number of unbranched alkanes of at least 4 members (excludes halogenated alkanes) is 5. The lowest BCUT2D eigenvalue weighted by molar-refractivity contribution is 0.151. The van der Waals surface area contributed by atoms with E-state index in [1.165, 1.54) is 57.8 Å². The lowest BCUT2D eigenvalue weighted by atomic mass is 9.67. The Hall–Kier alpha value is -0.0800. The topological polar surface area (TPSA) is 52.0 Å². The molecule has 0 spiro atoms. The summed E-state index contributed by atoms with van der Waals surface area (Å²) in [5.74, 6) is 0. The maximum Gasteiger partial charge on any atom is 0.0336 e. The summed E-state index contributed by atoms with van der Waals surface area (Å²) in [6, 6.07) is 0. The van der Waals surface area contributed by atoms with Crippen LogP contribution >= 0.6 is 0 Å². The highest BCUT2D eigenvalue weighted by Gasteiger charge is 2.43. The molecule has 4 N–H and O–H groups in total. The molecule has 128 valence electrons. The molecule has 0 amide bonds. The third kappa shape index (κ3) is 7.15. The van der Waals surface area contributed by atoms with Gasteiger partial charge in [-0.15, -0.1) is 0 Å². The molecule has 0 aliphatic heterocycles. The van der Waals surface area contributed by atoms with Gasteiger partial charge in [0.15, 0.2) is 0 Å². The Morgan fingerprint density at radius 2 is 0.762 bits per heavy atom. The minimum absolute atomic E-state index is 0.164. The maximum atomic E-state index is 6.96. The summed E-state index contributed by atoms with van der Waals surface area (Å²) in [5.41, 5.74) is 13.6. The molecule has 1 atom stereocenters. The van der Waals surface area contributed by atoms with Gasteiger partial charge in [0.1, 0.15) is 0 Å². The molecular formula is C19H42N2. The van der Waals surface area contributed by atoms with Crippen molar-refractivity contribution < 1.29 is 0 Å². The van der Waals surface area contributed by atoms with Gasteiger partial charge in [-0.3, -0.25) is 0 Å². The fourth-order valence-corrected chi connectivity index (χ4v) is 3.41. The predicted octanol–water partition coefficient (Wildman–Crippen LogP) is 5.53. The van der Waals surface area contributed by atoms with Crippen molar-refractivity contribution in [1.82, 2.24) is 0 Å². The van der Waals surface area contributed by atoms with Gasteiger partial charge in [0, 0.05) is 11.1 Å². The molecule has 0 rings (SSSR count). The third-order valence-electron chi connectivity index (χ3n) is 5.15. The van der Waals surface area contributed by atoms with Crippen LogP contribution in [0, 0.1) is 0 Å². The first-order chi connectivity index (χ1) is 9.99. The second-order valence-corrected chi connectivity index (χ2v) is 7.08. The molecular weight excluding hydrogens is 256 g/mol. The van der Waals surface area contributed by atoms with Crippen LogP contribution in [0.15, 0.2) is 0 Å². The fraction of sp³-hybridized carbons (Fsp3) is 1.00. The molecule has 0 aliphatic carbocycles. The van der Waals surface area contributed by atoms with E-state index in [-0.39, 0.29) is 11.1 Å². The van der Waals surface area contributed by atoms with E-state index in [0.29, 0.717) is 0 Å². The molecule has 0 saturated carbocycles. The van der Waals surface area contributed by atoms with Gasteiger partial charge in [0.2, 0.25) is 0 Å². The van der Waals surface area contributed by atoms with Gasteiger partial charge in [-0.1, -0.05) is 85.5 Å². The summed E-state index contributed by atoms with van der Waals surface area (Å²) in [7, 11) is 0. The van der Waals surface area contributed by atoms with Gasteiger partial charge in [-0.05, 0) is 25.7 Å². The average molecular weight is 299 g/mol. The molecule has 0 aliphatic rings. The Morgan fingerprint density at radius 3 is 1.05 bits per heavy atom. The van der Waals surface area contributed by atoms with E-state index in [1.807, 2.05) is 0 Å². The zero-order valence-corrected chi connectivity index (χ0v) is 15.3. The zero-order chi connectivity index (χ0) is 16.2. The van der Waals surface area contributed by atoms with Crippen LogP contribution in [0.1, 0.15) is 111 Å². The molecule has 21 heavy (non-hydrogen) atoms. The highest BCUT2D eigenvalue weighted by Crippen LogP contribution is 2.36. The number of hydrogen-bond donors (Lipinski definition) is 2. The molecule has 1 unspecified atom stereocenters. The van der Waals surface area contributed by atoms with Crippen molar-refractivity contribution in [2.24, 2.45) is 11.5 Å². The van der Waals surface area contributed by atoms with Crippen molar-refractivity contribution in [2.75, 3.05) is 0 Å². The Kier molecular flexibility index (Phi) is 11.4. The second kappa shape index (κ2) is 11.5. The minimum atomic E-state index is -0.165. The Morgan fingerprint density at radius 1 is 0.476 bits per heavy atom. The van der Waals surface area contributed by atoms with E-state index >= 15 is 0 Å². The van der Waals surface area contributed by atoms with Crippen LogP contribution in [0.3, 0.4) is 0 Å². The largest absolute Gasteiger partial charge is 0.324 e. The summed E-state index contributed by atoms with van der Waals surface area (Å²) in [4.78, 5) is 0. The fourth-order valence-electron chi connectivity index (χ4n) is 3.41. The van der Waals surface area contributed by atoms with Crippen molar-refractivity contribution in [1.29, 1.82) is 0 Å². The highest BCUT2D eigenvalue weighted by molar-refractivity contribution is 5.06. The van der Waals surface area contributed by atoms with E-state index in [4.69, 9.17) is 11.5 Å². The zero-order valence-electron chi connectivity index (χ0n) is 15.3. The maximum absolute atomic E-state index is 6.96. The van der Waals surface area contributed by atoms with Crippen LogP contribution in [0.2, 0.25) is 0 Å². The van der Waals surface area contributed by atoms with Crippen LogP contribution in [0.25, 0.3) is 0 Å². The number of rotatable bonds is 14. The van der Waals surface area contributed by atoms with Crippen molar-refractivity contribution >= 4 is 0 Å². The monoisotopic (exact) mass is 298 g/mol. The predicted molar refractivity (Wildman–Crippen MR) is 96.6 cm³/mol. The summed E-state index contributed by atoms with van der Waals surface area (Å²) in [6.07, 6.45) is 15.4. The van der Waals surface area contributed by atoms with Crippen LogP contribution in [-0.4, -0.2) is 11.1 Å². The molecule has 0 heterocycles. The molecule has 0 radical (unpaired) electrons. The van der Waals surface area contributed by atoms with E-state index in [9.17, 15) is 0 Å². The quantitative estimate of drug-likeness (QED) is 0.414. The third-order valence-corrected chi connectivity index (χ3v) is 5.15. The Bertz CT molecular complexity index is 232. The normalized spacial score (nSPS) is 15.1. The van der Waals surface area contributed by atoms with E-state index in [2.05, 4.69) is 27.7 Å². The number of nitrogens with two attached hydrogens (primary N) is 2. The van der Waals surface area contributed by atoms with Crippen LogP contribution in [0.4, 0.5) is 0 Å². The van der Waals surface area contributed by atoms with Crippen molar-refractivity contribution in [3.05, 3.63) is 0 Å². The highest BCUT2D eigenvalue weighted by atomic mass is 14.9. The van der Waals surface area contributed by atoms with Gasteiger partial charge in [-0.2, -0.15) is 0 Å². The summed E-state index contributed by atoms with van der Waals surface area (Å²) in [6.45, 7) is 9.01. The number of hydrogen-bond acceptors (Lipinski definition) is 2. The van der Waals surface area contributed by atoms with Crippen LogP contribution in [-0.2, 0) is 0 Å².